The van der Waals surface area contributed by atoms with Gasteiger partial charge in [-0.05, 0) is 11.6 Å². The van der Waals surface area contributed by atoms with Crippen molar-refractivity contribution in [3.05, 3.63) is 40.4 Å². The lowest BCUT2D eigenvalue weighted by molar-refractivity contribution is 0.369. The van der Waals surface area contributed by atoms with Gasteiger partial charge in [0.1, 0.15) is 5.82 Å². The molecule has 7 heteroatoms. The highest BCUT2D eigenvalue weighted by Crippen LogP contribution is 2.26. The number of anilines is 1. The number of hydrogen-bond donors (Lipinski definition) is 1. The molecule has 20 heavy (non-hydrogen) atoms. The quantitative estimate of drug-likeness (QED) is 0.878. The van der Waals surface area contributed by atoms with Crippen molar-refractivity contribution < 1.29 is 13.9 Å². The van der Waals surface area contributed by atoms with E-state index in [0.717, 1.165) is 0 Å². The van der Waals surface area contributed by atoms with Crippen LogP contribution in [0.25, 0.3) is 0 Å². The number of halogens is 2. The van der Waals surface area contributed by atoms with Gasteiger partial charge in [0, 0.05) is 6.42 Å². The fraction of sp³-hybridized carbons (Fsp3) is 0.231. The summed E-state index contributed by atoms with van der Waals surface area (Å²) in [5.74, 6) is 0.494. The van der Waals surface area contributed by atoms with E-state index >= 15 is 0 Å². The third-order valence-corrected chi connectivity index (χ3v) is 3.01. The molecule has 0 radical (unpaired) electrons. The Morgan fingerprint density at radius 1 is 1.20 bits per heavy atom. The fourth-order valence-corrected chi connectivity index (χ4v) is 1.83. The molecule has 106 valence electrons. The van der Waals surface area contributed by atoms with Crippen LogP contribution in [0, 0.1) is 5.82 Å². The second-order valence-electron chi connectivity index (χ2n) is 3.98. The van der Waals surface area contributed by atoms with Crippen LogP contribution in [-0.4, -0.2) is 24.2 Å². The molecule has 1 aromatic heterocycles. The van der Waals surface area contributed by atoms with Crippen molar-refractivity contribution in [2.45, 2.75) is 6.42 Å². The Morgan fingerprint density at radius 3 is 2.35 bits per heavy atom. The summed E-state index contributed by atoms with van der Waals surface area (Å²) in [7, 11) is 2.98. The number of nitrogens with zero attached hydrogens (tertiary/aromatic N) is 2. The third kappa shape index (κ3) is 2.91. The lowest BCUT2D eigenvalue weighted by Crippen LogP contribution is -2.04. The molecule has 2 N–H and O–H groups in total. The van der Waals surface area contributed by atoms with Gasteiger partial charge in [-0.2, -0.15) is 9.97 Å². The first-order chi connectivity index (χ1) is 9.55. The summed E-state index contributed by atoms with van der Waals surface area (Å²) >= 11 is 5.66. The van der Waals surface area contributed by atoms with Gasteiger partial charge in [-0.25, -0.2) is 4.39 Å². The molecule has 1 aromatic carbocycles. The Morgan fingerprint density at radius 2 is 1.80 bits per heavy atom. The van der Waals surface area contributed by atoms with E-state index in [1.807, 2.05) is 0 Å². The van der Waals surface area contributed by atoms with E-state index < -0.39 is 5.82 Å². The molecular formula is C13H13ClFN3O2. The SMILES string of the molecule is COc1cc(OC)nc(Cc2ccc(Cl)c(F)c2N)n1. The van der Waals surface area contributed by atoms with Crippen LogP contribution in [-0.2, 0) is 6.42 Å². The summed E-state index contributed by atoms with van der Waals surface area (Å²) < 4.78 is 23.7. The first kappa shape index (κ1) is 14.3. The summed E-state index contributed by atoms with van der Waals surface area (Å²) in [5.41, 5.74) is 6.23. The highest BCUT2D eigenvalue weighted by molar-refractivity contribution is 6.31. The molecule has 0 saturated heterocycles. The number of rotatable bonds is 4. The predicted molar refractivity (Wildman–Crippen MR) is 73.8 cm³/mol. The molecule has 2 aromatic rings. The van der Waals surface area contributed by atoms with Gasteiger partial charge in [0.15, 0.2) is 5.82 Å². The van der Waals surface area contributed by atoms with Crippen LogP contribution in [0.1, 0.15) is 11.4 Å². The second kappa shape index (κ2) is 5.92. The van der Waals surface area contributed by atoms with Crippen LogP contribution < -0.4 is 15.2 Å². The zero-order valence-corrected chi connectivity index (χ0v) is 11.7. The van der Waals surface area contributed by atoms with Gasteiger partial charge < -0.3 is 15.2 Å². The predicted octanol–water partition coefficient (Wildman–Crippen LogP) is 2.46. The molecule has 0 fully saturated rings. The molecule has 0 saturated carbocycles. The van der Waals surface area contributed by atoms with Crippen molar-refractivity contribution in [2.24, 2.45) is 0 Å². The van der Waals surface area contributed by atoms with Crippen LogP contribution in [0.4, 0.5) is 10.1 Å². The first-order valence-electron chi connectivity index (χ1n) is 5.73. The molecule has 0 atom stereocenters. The topological polar surface area (TPSA) is 70.3 Å². The van der Waals surface area contributed by atoms with Crippen LogP contribution in [0.15, 0.2) is 18.2 Å². The number of methoxy groups -OCH3 is 2. The second-order valence-corrected chi connectivity index (χ2v) is 4.39. The minimum Gasteiger partial charge on any atom is -0.481 e. The number of nitrogens with two attached hydrogens (primary N) is 1. The maximum atomic E-state index is 13.6. The fourth-order valence-electron chi connectivity index (χ4n) is 1.67. The van der Waals surface area contributed by atoms with E-state index in [2.05, 4.69) is 9.97 Å². The van der Waals surface area contributed by atoms with E-state index in [4.69, 9.17) is 26.8 Å². The number of benzene rings is 1. The number of hydrogen-bond acceptors (Lipinski definition) is 5. The monoisotopic (exact) mass is 297 g/mol. The molecular weight excluding hydrogens is 285 g/mol. The van der Waals surface area contributed by atoms with Crippen molar-refractivity contribution in [1.29, 1.82) is 0 Å². The molecule has 1 heterocycles. The standard InChI is InChI=1S/C13H13ClFN3O2/c1-19-10-6-11(20-2)18-9(17-10)5-7-3-4-8(14)12(15)13(7)16/h3-4,6H,5,16H2,1-2H3. The highest BCUT2D eigenvalue weighted by Gasteiger charge is 2.12. The molecule has 0 bridgehead atoms. The zero-order chi connectivity index (χ0) is 14.7. The van der Waals surface area contributed by atoms with Gasteiger partial charge in [0.2, 0.25) is 11.8 Å². The van der Waals surface area contributed by atoms with Gasteiger partial charge in [0.05, 0.1) is 31.0 Å². The van der Waals surface area contributed by atoms with Crippen LogP contribution in [0.3, 0.4) is 0 Å². The maximum Gasteiger partial charge on any atom is 0.220 e. The lowest BCUT2D eigenvalue weighted by Gasteiger charge is -2.09. The summed E-state index contributed by atoms with van der Waals surface area (Å²) in [4.78, 5) is 8.33. The minimum atomic E-state index is -0.640. The van der Waals surface area contributed by atoms with E-state index in [1.165, 1.54) is 20.3 Å². The lowest BCUT2D eigenvalue weighted by atomic mass is 10.1. The Balaban J connectivity index is 2.37. The van der Waals surface area contributed by atoms with Crippen LogP contribution in [0.2, 0.25) is 5.02 Å². The Labute approximate surface area is 120 Å². The Kier molecular flexibility index (Phi) is 4.24. The highest BCUT2D eigenvalue weighted by atomic mass is 35.5. The van der Waals surface area contributed by atoms with Gasteiger partial charge >= 0.3 is 0 Å². The minimum absolute atomic E-state index is 0.0112. The molecule has 0 aliphatic heterocycles. The molecule has 0 unspecified atom stereocenters. The van der Waals surface area contributed by atoms with Crippen molar-refractivity contribution in [2.75, 3.05) is 20.0 Å². The molecule has 2 rings (SSSR count). The van der Waals surface area contributed by atoms with Crippen LogP contribution in [0.5, 0.6) is 11.8 Å². The van der Waals surface area contributed by atoms with Crippen LogP contribution >= 0.6 is 11.6 Å². The number of ether oxygens (including phenoxy) is 2. The molecule has 5 nitrogen and oxygen atoms in total. The smallest absolute Gasteiger partial charge is 0.220 e. The summed E-state index contributed by atoms with van der Waals surface area (Å²) in [6, 6.07) is 4.63. The normalized spacial score (nSPS) is 10.4. The third-order valence-electron chi connectivity index (χ3n) is 2.72. The molecule has 0 amide bonds. The Hall–Kier alpha value is -2.08. The van der Waals surface area contributed by atoms with E-state index in [-0.39, 0.29) is 17.1 Å². The van der Waals surface area contributed by atoms with Crippen molar-refractivity contribution in [3.63, 3.8) is 0 Å². The molecule has 0 spiro atoms. The maximum absolute atomic E-state index is 13.6. The summed E-state index contributed by atoms with van der Waals surface area (Å²) in [5, 5.41) is -0.0182. The van der Waals surface area contributed by atoms with Crippen molar-refractivity contribution in [3.8, 4) is 11.8 Å². The largest absolute Gasteiger partial charge is 0.481 e. The number of nitrogen functional groups attached to an aromatic ring is 1. The van der Waals surface area contributed by atoms with E-state index in [0.29, 0.717) is 23.1 Å². The average Bonchev–Trinajstić information content (AvgIpc) is 2.47. The summed E-state index contributed by atoms with van der Waals surface area (Å²) in [6.07, 6.45) is 0.244. The zero-order valence-electron chi connectivity index (χ0n) is 11.0. The van der Waals surface area contributed by atoms with E-state index in [1.54, 1.807) is 12.1 Å². The van der Waals surface area contributed by atoms with E-state index in [9.17, 15) is 4.39 Å². The number of aromatic nitrogens is 2. The summed E-state index contributed by atoms with van der Waals surface area (Å²) in [6.45, 7) is 0. The Bertz CT molecular complexity index is 615. The molecule has 0 aliphatic carbocycles. The van der Waals surface area contributed by atoms with Gasteiger partial charge in [-0.15, -0.1) is 0 Å². The van der Waals surface area contributed by atoms with Crippen molar-refractivity contribution >= 4 is 17.3 Å². The first-order valence-corrected chi connectivity index (χ1v) is 6.11. The van der Waals surface area contributed by atoms with Crippen molar-refractivity contribution in [1.82, 2.24) is 9.97 Å². The average molecular weight is 298 g/mol. The molecule has 0 aliphatic rings. The van der Waals surface area contributed by atoms with Gasteiger partial charge in [-0.1, -0.05) is 17.7 Å². The van der Waals surface area contributed by atoms with Gasteiger partial charge in [-0.3, -0.25) is 0 Å². The van der Waals surface area contributed by atoms with Gasteiger partial charge in [0.25, 0.3) is 0 Å².